The van der Waals surface area contributed by atoms with Crippen LogP contribution < -0.4 is 20.1 Å². The molecule has 0 radical (unpaired) electrons. The lowest BCUT2D eigenvalue weighted by atomic mass is 10.1. The second kappa shape index (κ2) is 10.4. The van der Waals surface area contributed by atoms with Crippen molar-refractivity contribution >= 4 is 28.3 Å². The van der Waals surface area contributed by atoms with Crippen molar-refractivity contribution in [2.75, 3.05) is 44.4 Å². The minimum Gasteiger partial charge on any atom is -0.484 e. The Hall–Kier alpha value is -3.53. The first kappa shape index (κ1) is 24.1. The lowest BCUT2D eigenvalue weighted by Gasteiger charge is -2.13. The third-order valence-electron chi connectivity index (χ3n) is 4.59. The van der Waals surface area contributed by atoms with Gasteiger partial charge in [-0.25, -0.2) is 4.98 Å². The van der Waals surface area contributed by atoms with Gasteiger partial charge in [0.15, 0.2) is 6.61 Å². The van der Waals surface area contributed by atoms with Gasteiger partial charge in [0.1, 0.15) is 17.3 Å². The van der Waals surface area contributed by atoms with E-state index in [-0.39, 0.29) is 18.1 Å². The van der Waals surface area contributed by atoms with Crippen LogP contribution >= 0.6 is 0 Å². The van der Waals surface area contributed by atoms with Crippen molar-refractivity contribution in [2.24, 2.45) is 0 Å². The lowest BCUT2D eigenvalue weighted by Crippen LogP contribution is -2.21. The minimum atomic E-state index is -4.76. The molecule has 1 aromatic heterocycles. The van der Waals surface area contributed by atoms with Crippen molar-refractivity contribution in [1.82, 2.24) is 9.88 Å². The van der Waals surface area contributed by atoms with E-state index in [1.54, 1.807) is 6.07 Å². The fourth-order valence-corrected chi connectivity index (χ4v) is 3.05. The van der Waals surface area contributed by atoms with Crippen LogP contribution in [0, 0.1) is 6.92 Å². The highest BCUT2D eigenvalue weighted by atomic mass is 19.4. The summed E-state index contributed by atoms with van der Waals surface area (Å²) in [6, 6.07) is 12.2. The second-order valence-electron chi connectivity index (χ2n) is 7.64. The molecule has 7 nitrogen and oxygen atoms in total. The molecule has 0 spiro atoms. The van der Waals surface area contributed by atoms with Crippen LogP contribution in [0.1, 0.15) is 5.56 Å². The fourth-order valence-electron chi connectivity index (χ4n) is 3.05. The summed E-state index contributed by atoms with van der Waals surface area (Å²) in [7, 11) is 4.01. The van der Waals surface area contributed by atoms with Gasteiger partial charge in [0.25, 0.3) is 5.91 Å². The van der Waals surface area contributed by atoms with E-state index in [4.69, 9.17) is 4.74 Å². The Kier molecular flexibility index (Phi) is 7.59. The Bertz CT molecular complexity index is 1100. The Labute approximate surface area is 189 Å². The van der Waals surface area contributed by atoms with E-state index in [0.29, 0.717) is 5.69 Å². The van der Waals surface area contributed by atoms with Crippen LogP contribution in [0.5, 0.6) is 11.5 Å². The largest absolute Gasteiger partial charge is 0.573 e. The van der Waals surface area contributed by atoms with Crippen LogP contribution in [0.3, 0.4) is 0 Å². The van der Waals surface area contributed by atoms with Crippen LogP contribution in [0.25, 0.3) is 10.9 Å². The molecule has 1 heterocycles. The third-order valence-corrected chi connectivity index (χ3v) is 4.59. The van der Waals surface area contributed by atoms with Crippen LogP contribution in [0.4, 0.5) is 24.7 Å². The van der Waals surface area contributed by atoms with Crippen molar-refractivity contribution in [3.8, 4) is 11.5 Å². The average Bonchev–Trinajstić information content (AvgIpc) is 2.72. The number of hydrogen-bond acceptors (Lipinski definition) is 6. The number of carbonyl (C=O) groups excluding carboxylic acids is 1. The van der Waals surface area contributed by atoms with Crippen LogP contribution in [0.15, 0.2) is 48.5 Å². The highest BCUT2D eigenvalue weighted by Crippen LogP contribution is 2.25. The molecule has 0 bridgehead atoms. The second-order valence-corrected chi connectivity index (χ2v) is 7.64. The number of hydrogen-bond donors (Lipinski definition) is 2. The van der Waals surface area contributed by atoms with Gasteiger partial charge in [0.05, 0.1) is 5.52 Å². The molecule has 0 fully saturated rings. The molecule has 2 N–H and O–H groups in total. The summed E-state index contributed by atoms with van der Waals surface area (Å²) >= 11 is 0. The highest BCUT2D eigenvalue weighted by molar-refractivity contribution is 5.95. The van der Waals surface area contributed by atoms with Gasteiger partial charge in [-0.05, 0) is 75.1 Å². The van der Waals surface area contributed by atoms with Crippen LogP contribution in [0.2, 0.25) is 0 Å². The van der Waals surface area contributed by atoms with Gasteiger partial charge in [0, 0.05) is 24.2 Å². The van der Waals surface area contributed by atoms with E-state index in [0.717, 1.165) is 47.5 Å². The monoisotopic (exact) mass is 462 g/mol. The number of anilines is 2. The molecule has 0 saturated carbocycles. The summed E-state index contributed by atoms with van der Waals surface area (Å²) < 4.78 is 45.7. The molecular formula is C23H25F3N4O3. The smallest absolute Gasteiger partial charge is 0.484 e. The number of aryl methyl sites for hydroxylation is 1. The topological polar surface area (TPSA) is 75.7 Å². The van der Waals surface area contributed by atoms with Gasteiger partial charge >= 0.3 is 6.36 Å². The molecule has 2 aromatic carbocycles. The Morgan fingerprint density at radius 3 is 2.42 bits per heavy atom. The van der Waals surface area contributed by atoms with E-state index in [2.05, 4.69) is 25.3 Å². The number of amides is 1. The zero-order valence-electron chi connectivity index (χ0n) is 18.5. The summed E-state index contributed by atoms with van der Waals surface area (Å²) in [6.45, 7) is 3.33. The fraction of sp³-hybridized carbons (Fsp3) is 0.304. The molecule has 0 atom stereocenters. The normalized spacial score (nSPS) is 11.5. The number of nitrogens with zero attached hydrogens (tertiary/aromatic N) is 2. The number of halogens is 3. The van der Waals surface area contributed by atoms with E-state index < -0.39 is 12.3 Å². The molecule has 1 amide bonds. The predicted octanol–water partition coefficient (Wildman–Crippen LogP) is 4.43. The van der Waals surface area contributed by atoms with Crippen molar-refractivity contribution < 1.29 is 27.4 Å². The van der Waals surface area contributed by atoms with Gasteiger partial charge in [-0.2, -0.15) is 0 Å². The molecular weight excluding hydrogens is 437 g/mol. The Morgan fingerprint density at radius 2 is 1.76 bits per heavy atom. The first-order valence-corrected chi connectivity index (χ1v) is 10.2. The SMILES string of the molecule is Cc1cc(NCCN(C)C)nc2ccc(NC(=O)COc3ccc(OC(F)(F)F)cc3)cc12. The number of alkyl halides is 3. The molecule has 0 unspecified atom stereocenters. The van der Waals surface area contributed by atoms with Crippen molar-refractivity contribution in [2.45, 2.75) is 13.3 Å². The first-order chi connectivity index (χ1) is 15.6. The zero-order valence-corrected chi connectivity index (χ0v) is 18.5. The molecule has 176 valence electrons. The Morgan fingerprint density at radius 1 is 1.06 bits per heavy atom. The number of rotatable bonds is 9. The van der Waals surface area contributed by atoms with Crippen molar-refractivity contribution in [1.29, 1.82) is 0 Å². The maximum atomic E-state index is 12.2. The van der Waals surface area contributed by atoms with E-state index in [1.165, 1.54) is 12.1 Å². The van der Waals surface area contributed by atoms with Gasteiger partial charge in [0.2, 0.25) is 0 Å². The minimum absolute atomic E-state index is 0.243. The van der Waals surface area contributed by atoms with Gasteiger partial charge in [-0.1, -0.05) is 0 Å². The maximum absolute atomic E-state index is 12.2. The summed E-state index contributed by atoms with van der Waals surface area (Å²) in [5.74, 6) is 0.263. The van der Waals surface area contributed by atoms with Crippen molar-refractivity contribution in [3.63, 3.8) is 0 Å². The number of pyridine rings is 1. The standard InChI is InChI=1S/C23H25F3N4O3/c1-15-12-21(27-10-11-30(2)3)29-20-9-4-16(13-19(15)20)28-22(31)14-32-17-5-7-18(8-6-17)33-23(24,25)26/h4-9,12-13H,10-11,14H2,1-3H3,(H,27,29)(H,28,31). The quantitative estimate of drug-likeness (QED) is 0.490. The molecule has 10 heteroatoms. The first-order valence-electron chi connectivity index (χ1n) is 10.2. The molecule has 3 rings (SSSR count). The van der Waals surface area contributed by atoms with E-state index in [1.807, 2.05) is 39.2 Å². The number of fused-ring (bicyclic) bond motifs is 1. The number of carbonyl (C=O) groups is 1. The maximum Gasteiger partial charge on any atom is 0.573 e. The zero-order chi connectivity index (χ0) is 24.0. The Balaban J connectivity index is 1.57. The number of likely N-dealkylation sites (N-methyl/N-ethyl adjacent to an activating group) is 1. The van der Waals surface area contributed by atoms with Crippen LogP contribution in [-0.4, -0.2) is 55.9 Å². The summed E-state index contributed by atoms with van der Waals surface area (Å²) in [5, 5.41) is 6.96. The predicted molar refractivity (Wildman–Crippen MR) is 121 cm³/mol. The average molecular weight is 462 g/mol. The van der Waals surface area contributed by atoms with Crippen molar-refractivity contribution in [3.05, 3.63) is 54.1 Å². The van der Waals surface area contributed by atoms with E-state index in [9.17, 15) is 18.0 Å². The molecule has 3 aromatic rings. The number of benzene rings is 2. The highest BCUT2D eigenvalue weighted by Gasteiger charge is 2.31. The number of nitrogens with one attached hydrogen (secondary N) is 2. The van der Waals surface area contributed by atoms with Gasteiger partial charge in [-0.15, -0.1) is 13.2 Å². The molecule has 0 aliphatic heterocycles. The number of ether oxygens (including phenoxy) is 2. The number of aromatic nitrogens is 1. The van der Waals surface area contributed by atoms with E-state index >= 15 is 0 Å². The molecule has 0 aliphatic rings. The lowest BCUT2D eigenvalue weighted by molar-refractivity contribution is -0.274. The van der Waals surface area contributed by atoms with Gasteiger partial charge in [-0.3, -0.25) is 4.79 Å². The summed E-state index contributed by atoms with van der Waals surface area (Å²) in [6.07, 6.45) is -4.76. The van der Waals surface area contributed by atoms with Crippen LogP contribution in [-0.2, 0) is 4.79 Å². The van der Waals surface area contributed by atoms with Gasteiger partial charge < -0.3 is 25.0 Å². The molecule has 0 saturated heterocycles. The molecule has 0 aliphatic carbocycles. The molecule has 33 heavy (non-hydrogen) atoms. The summed E-state index contributed by atoms with van der Waals surface area (Å²) in [5.41, 5.74) is 2.40. The third kappa shape index (κ3) is 7.53. The summed E-state index contributed by atoms with van der Waals surface area (Å²) in [4.78, 5) is 18.9.